The summed E-state index contributed by atoms with van der Waals surface area (Å²) in [5.41, 5.74) is 3.82. The van der Waals surface area contributed by atoms with Gasteiger partial charge in [-0.05, 0) is 24.6 Å². The Balaban J connectivity index is 2.05. The molecule has 3 rings (SSSR count). The Morgan fingerprint density at radius 3 is 2.57 bits per heavy atom. The molecule has 1 unspecified atom stereocenters. The third-order valence-electron chi connectivity index (χ3n) is 4.19. The van der Waals surface area contributed by atoms with Crippen molar-refractivity contribution in [1.82, 2.24) is 0 Å². The lowest BCUT2D eigenvalue weighted by molar-refractivity contribution is -0.121. The zero-order chi connectivity index (χ0) is 16.4. The van der Waals surface area contributed by atoms with Crippen LogP contribution in [-0.4, -0.2) is 18.9 Å². The predicted octanol–water partition coefficient (Wildman–Crippen LogP) is 3.14. The minimum absolute atomic E-state index is 0.0447. The summed E-state index contributed by atoms with van der Waals surface area (Å²) < 4.78 is 0. The second-order valence-corrected chi connectivity index (χ2v) is 6.06. The molecule has 0 saturated carbocycles. The van der Waals surface area contributed by atoms with Gasteiger partial charge in [0, 0.05) is 6.54 Å². The van der Waals surface area contributed by atoms with Crippen molar-refractivity contribution in [1.29, 1.82) is 0 Å². The average molecular weight is 308 g/mol. The maximum Gasteiger partial charge on any atom is 0.231 e. The van der Waals surface area contributed by atoms with E-state index in [9.17, 15) is 9.59 Å². The highest BCUT2D eigenvalue weighted by atomic mass is 16.2. The summed E-state index contributed by atoms with van der Waals surface area (Å²) in [6, 6.07) is 15.7. The molecule has 2 amide bonds. The van der Waals surface area contributed by atoms with E-state index in [2.05, 4.69) is 6.07 Å². The lowest BCUT2D eigenvalue weighted by Gasteiger charge is -2.24. The Labute approximate surface area is 136 Å². The van der Waals surface area contributed by atoms with Gasteiger partial charge in [-0.3, -0.25) is 9.59 Å². The molecular formula is C19H20N2O2. The molecule has 118 valence electrons. The molecule has 1 heterocycles. The molecule has 0 fully saturated rings. The van der Waals surface area contributed by atoms with Crippen LogP contribution in [0.25, 0.3) is 0 Å². The van der Waals surface area contributed by atoms with E-state index in [1.54, 1.807) is 9.80 Å². The largest absolute Gasteiger partial charge is 0.312 e. The molecule has 2 aromatic rings. The van der Waals surface area contributed by atoms with E-state index in [0.717, 1.165) is 23.3 Å². The number of benzene rings is 2. The van der Waals surface area contributed by atoms with Gasteiger partial charge < -0.3 is 9.80 Å². The van der Waals surface area contributed by atoms with E-state index in [4.69, 9.17) is 0 Å². The standard InChI is InChI=1S/C19H20N2O2/c1-14-6-5-7-16(10-14)12-21-18-9-4-3-8-17(18)20(13-22)11-15(2)19(21)23/h3-10,13,15H,11-12H2,1-2H3. The third-order valence-corrected chi connectivity index (χ3v) is 4.19. The summed E-state index contributed by atoms with van der Waals surface area (Å²) in [5.74, 6) is -0.194. The first-order chi connectivity index (χ1) is 11.1. The van der Waals surface area contributed by atoms with E-state index in [1.165, 1.54) is 5.56 Å². The van der Waals surface area contributed by atoms with Crippen LogP contribution in [0, 0.1) is 12.8 Å². The molecule has 0 aliphatic carbocycles. The van der Waals surface area contributed by atoms with Crippen molar-refractivity contribution in [2.75, 3.05) is 16.3 Å². The van der Waals surface area contributed by atoms with Crippen LogP contribution in [0.4, 0.5) is 11.4 Å². The zero-order valence-electron chi connectivity index (χ0n) is 13.4. The van der Waals surface area contributed by atoms with Crippen molar-refractivity contribution < 1.29 is 9.59 Å². The van der Waals surface area contributed by atoms with Gasteiger partial charge in [0.1, 0.15) is 0 Å². The van der Waals surface area contributed by atoms with Crippen LogP contribution in [0.5, 0.6) is 0 Å². The Morgan fingerprint density at radius 1 is 1.13 bits per heavy atom. The van der Waals surface area contributed by atoms with Crippen LogP contribution in [0.3, 0.4) is 0 Å². The molecule has 2 aromatic carbocycles. The van der Waals surface area contributed by atoms with Gasteiger partial charge in [0.05, 0.1) is 23.8 Å². The number of fused-ring (bicyclic) bond motifs is 1. The van der Waals surface area contributed by atoms with Crippen molar-refractivity contribution in [3.05, 3.63) is 59.7 Å². The van der Waals surface area contributed by atoms with Crippen LogP contribution in [0.2, 0.25) is 0 Å². The van der Waals surface area contributed by atoms with Gasteiger partial charge in [0.2, 0.25) is 12.3 Å². The highest BCUT2D eigenvalue weighted by Crippen LogP contribution is 2.34. The second kappa shape index (κ2) is 6.24. The summed E-state index contributed by atoms with van der Waals surface area (Å²) in [6.07, 6.45) is 0.804. The quantitative estimate of drug-likeness (QED) is 0.817. The van der Waals surface area contributed by atoms with Crippen molar-refractivity contribution in [3.63, 3.8) is 0 Å². The number of rotatable bonds is 3. The van der Waals surface area contributed by atoms with E-state index in [0.29, 0.717) is 13.1 Å². The maximum atomic E-state index is 12.8. The van der Waals surface area contributed by atoms with Crippen LogP contribution < -0.4 is 9.80 Å². The smallest absolute Gasteiger partial charge is 0.231 e. The fraction of sp³-hybridized carbons (Fsp3) is 0.263. The van der Waals surface area contributed by atoms with Crippen molar-refractivity contribution in [2.24, 2.45) is 5.92 Å². The summed E-state index contributed by atoms with van der Waals surface area (Å²) >= 11 is 0. The molecule has 4 nitrogen and oxygen atoms in total. The monoisotopic (exact) mass is 308 g/mol. The van der Waals surface area contributed by atoms with Gasteiger partial charge >= 0.3 is 0 Å². The van der Waals surface area contributed by atoms with Crippen molar-refractivity contribution >= 4 is 23.7 Å². The molecule has 0 radical (unpaired) electrons. The second-order valence-electron chi connectivity index (χ2n) is 6.06. The van der Waals surface area contributed by atoms with Gasteiger partial charge in [-0.2, -0.15) is 0 Å². The first kappa shape index (κ1) is 15.3. The average Bonchev–Trinajstić information content (AvgIpc) is 2.65. The van der Waals surface area contributed by atoms with Crippen LogP contribution >= 0.6 is 0 Å². The van der Waals surface area contributed by atoms with E-state index in [1.807, 2.05) is 56.3 Å². The third kappa shape index (κ3) is 2.97. The summed E-state index contributed by atoms with van der Waals surface area (Å²) in [6.45, 7) is 4.82. The summed E-state index contributed by atoms with van der Waals surface area (Å²) in [7, 11) is 0. The zero-order valence-corrected chi connectivity index (χ0v) is 13.4. The Hall–Kier alpha value is -2.62. The number of hydrogen-bond acceptors (Lipinski definition) is 2. The van der Waals surface area contributed by atoms with Gasteiger partial charge in [-0.1, -0.05) is 48.9 Å². The number of anilines is 2. The SMILES string of the molecule is Cc1cccc(CN2C(=O)C(C)CN(C=O)c3ccccc32)c1. The molecule has 0 saturated heterocycles. The van der Waals surface area contributed by atoms with Gasteiger partial charge in [0.15, 0.2) is 0 Å². The fourth-order valence-electron chi connectivity index (χ4n) is 3.05. The number of carbonyl (C=O) groups excluding carboxylic acids is 2. The van der Waals surface area contributed by atoms with Gasteiger partial charge in [-0.25, -0.2) is 0 Å². The number of carbonyl (C=O) groups is 2. The number of aryl methyl sites for hydroxylation is 1. The van der Waals surface area contributed by atoms with E-state index >= 15 is 0 Å². The molecular weight excluding hydrogens is 288 g/mol. The molecule has 0 N–H and O–H groups in total. The van der Waals surface area contributed by atoms with Crippen molar-refractivity contribution in [3.8, 4) is 0 Å². The lowest BCUT2D eigenvalue weighted by atomic mass is 10.1. The fourth-order valence-corrected chi connectivity index (χ4v) is 3.05. The predicted molar refractivity (Wildman–Crippen MR) is 91.4 cm³/mol. The molecule has 1 aliphatic rings. The number of nitrogens with zero attached hydrogens (tertiary/aromatic N) is 2. The molecule has 23 heavy (non-hydrogen) atoms. The highest BCUT2D eigenvalue weighted by Gasteiger charge is 2.30. The van der Waals surface area contributed by atoms with Gasteiger partial charge in [-0.15, -0.1) is 0 Å². The number of amides is 2. The van der Waals surface area contributed by atoms with Gasteiger partial charge in [0.25, 0.3) is 0 Å². The Morgan fingerprint density at radius 2 is 1.87 bits per heavy atom. The normalized spacial score (nSPS) is 17.7. The minimum atomic E-state index is -0.239. The minimum Gasteiger partial charge on any atom is -0.312 e. The summed E-state index contributed by atoms with van der Waals surface area (Å²) in [4.78, 5) is 27.7. The van der Waals surface area contributed by atoms with Crippen LogP contribution in [-0.2, 0) is 16.1 Å². The molecule has 4 heteroatoms. The lowest BCUT2D eigenvalue weighted by Crippen LogP contribution is -2.36. The summed E-state index contributed by atoms with van der Waals surface area (Å²) in [5, 5.41) is 0. The number of para-hydroxylation sites is 2. The highest BCUT2D eigenvalue weighted by molar-refractivity contribution is 6.02. The molecule has 1 aliphatic heterocycles. The molecule has 0 spiro atoms. The van der Waals surface area contributed by atoms with Crippen molar-refractivity contribution in [2.45, 2.75) is 20.4 Å². The van der Waals surface area contributed by atoms with E-state index in [-0.39, 0.29) is 11.8 Å². The number of hydrogen-bond donors (Lipinski definition) is 0. The Bertz CT molecular complexity index is 742. The first-order valence-corrected chi connectivity index (χ1v) is 7.78. The molecule has 0 aromatic heterocycles. The molecule has 0 bridgehead atoms. The topological polar surface area (TPSA) is 40.6 Å². The van der Waals surface area contributed by atoms with E-state index < -0.39 is 0 Å². The molecule has 1 atom stereocenters. The Kier molecular flexibility index (Phi) is 4.15. The first-order valence-electron chi connectivity index (χ1n) is 7.78. The van der Waals surface area contributed by atoms with Crippen LogP contribution in [0.1, 0.15) is 18.1 Å². The van der Waals surface area contributed by atoms with Crippen LogP contribution in [0.15, 0.2) is 48.5 Å². The maximum absolute atomic E-state index is 12.8.